The van der Waals surface area contributed by atoms with Crippen molar-refractivity contribution in [3.8, 4) is 0 Å². The smallest absolute Gasteiger partial charge is 0.225 e. The van der Waals surface area contributed by atoms with Gasteiger partial charge in [-0.25, -0.2) is 0 Å². The number of anilines is 1. The summed E-state index contributed by atoms with van der Waals surface area (Å²) in [6.07, 6.45) is 7.56. The fourth-order valence-corrected chi connectivity index (χ4v) is 3.46. The van der Waals surface area contributed by atoms with E-state index in [9.17, 15) is 4.79 Å². The molecule has 1 aliphatic carbocycles. The van der Waals surface area contributed by atoms with Crippen molar-refractivity contribution >= 4 is 11.6 Å². The molecule has 2 aromatic carbocycles. The number of hydrogen-bond donors (Lipinski definition) is 1. The van der Waals surface area contributed by atoms with Gasteiger partial charge in [-0.05, 0) is 42.2 Å². The second-order valence-corrected chi connectivity index (χ2v) is 7.44. The van der Waals surface area contributed by atoms with Gasteiger partial charge in [0.15, 0.2) is 0 Å². The van der Waals surface area contributed by atoms with E-state index in [0.717, 1.165) is 24.6 Å². The standard InChI is InChI=1S/C23H25N3O/c27-23(25-22-15-24-26(17-22)16-19-11-12-19)14-21(20-9-5-2-6-10-20)13-18-7-3-1-4-8-18/h1-10,15,17,19,21H,11-14,16H2,(H,25,27). The maximum Gasteiger partial charge on any atom is 0.225 e. The van der Waals surface area contributed by atoms with Crippen LogP contribution in [0.2, 0.25) is 0 Å². The Morgan fingerprint density at radius 1 is 1.07 bits per heavy atom. The molecular formula is C23H25N3O. The van der Waals surface area contributed by atoms with Gasteiger partial charge in [-0.2, -0.15) is 5.10 Å². The molecule has 0 aliphatic heterocycles. The highest BCUT2D eigenvalue weighted by atomic mass is 16.1. The second kappa shape index (κ2) is 8.21. The Balaban J connectivity index is 1.42. The Hall–Kier alpha value is -2.88. The van der Waals surface area contributed by atoms with Crippen molar-refractivity contribution in [2.45, 2.75) is 38.1 Å². The van der Waals surface area contributed by atoms with Crippen LogP contribution in [0.25, 0.3) is 0 Å². The first kappa shape index (κ1) is 17.5. The molecule has 1 aromatic heterocycles. The predicted octanol–water partition coefficient (Wildman–Crippen LogP) is 4.65. The summed E-state index contributed by atoms with van der Waals surface area (Å²) in [5.41, 5.74) is 3.23. The molecule has 1 unspecified atom stereocenters. The van der Waals surface area contributed by atoms with E-state index in [1.807, 2.05) is 47.3 Å². The molecule has 1 fully saturated rings. The van der Waals surface area contributed by atoms with E-state index in [-0.39, 0.29) is 11.8 Å². The van der Waals surface area contributed by atoms with Crippen molar-refractivity contribution in [1.82, 2.24) is 9.78 Å². The molecule has 4 heteroatoms. The molecule has 4 rings (SSSR count). The molecule has 1 N–H and O–H groups in total. The highest BCUT2D eigenvalue weighted by Gasteiger charge is 2.22. The van der Waals surface area contributed by atoms with Gasteiger partial charge in [0.25, 0.3) is 0 Å². The topological polar surface area (TPSA) is 46.9 Å². The van der Waals surface area contributed by atoms with Crippen molar-refractivity contribution in [3.63, 3.8) is 0 Å². The Labute approximate surface area is 160 Å². The number of benzene rings is 2. The molecule has 3 aromatic rings. The van der Waals surface area contributed by atoms with Gasteiger partial charge in [-0.3, -0.25) is 9.48 Å². The van der Waals surface area contributed by atoms with Gasteiger partial charge in [0.2, 0.25) is 5.91 Å². The monoisotopic (exact) mass is 359 g/mol. The number of carbonyl (C=O) groups excluding carboxylic acids is 1. The first-order chi connectivity index (χ1) is 13.3. The third kappa shape index (κ3) is 5.07. The summed E-state index contributed by atoms with van der Waals surface area (Å²) in [6.45, 7) is 0.955. The van der Waals surface area contributed by atoms with E-state index in [1.54, 1.807) is 6.20 Å². The fraction of sp³-hybridized carbons (Fsp3) is 0.304. The number of rotatable bonds is 8. The Kier molecular flexibility index (Phi) is 5.33. The summed E-state index contributed by atoms with van der Waals surface area (Å²) in [7, 11) is 0. The maximum absolute atomic E-state index is 12.7. The number of nitrogens with zero attached hydrogens (tertiary/aromatic N) is 2. The predicted molar refractivity (Wildman–Crippen MR) is 108 cm³/mol. The normalized spacial score (nSPS) is 14.7. The second-order valence-electron chi connectivity index (χ2n) is 7.44. The van der Waals surface area contributed by atoms with Gasteiger partial charge < -0.3 is 5.32 Å². The molecule has 0 bridgehead atoms. The Morgan fingerprint density at radius 2 is 1.78 bits per heavy atom. The van der Waals surface area contributed by atoms with Crippen LogP contribution in [0.5, 0.6) is 0 Å². The first-order valence-electron chi connectivity index (χ1n) is 9.67. The van der Waals surface area contributed by atoms with Crippen LogP contribution in [0, 0.1) is 5.92 Å². The maximum atomic E-state index is 12.7. The molecule has 1 heterocycles. The lowest BCUT2D eigenvalue weighted by Crippen LogP contribution is -2.17. The zero-order chi connectivity index (χ0) is 18.5. The lowest BCUT2D eigenvalue weighted by Gasteiger charge is -2.17. The lowest BCUT2D eigenvalue weighted by atomic mass is 9.89. The largest absolute Gasteiger partial charge is 0.323 e. The molecule has 0 radical (unpaired) electrons. The molecule has 4 nitrogen and oxygen atoms in total. The Morgan fingerprint density at radius 3 is 2.48 bits per heavy atom. The summed E-state index contributed by atoms with van der Waals surface area (Å²) in [6, 6.07) is 20.6. The summed E-state index contributed by atoms with van der Waals surface area (Å²) in [4.78, 5) is 12.7. The number of carbonyl (C=O) groups is 1. The molecular weight excluding hydrogens is 334 g/mol. The molecule has 1 atom stereocenters. The number of nitrogens with one attached hydrogen (secondary N) is 1. The summed E-state index contributed by atoms with van der Waals surface area (Å²) < 4.78 is 1.94. The van der Waals surface area contributed by atoms with Crippen molar-refractivity contribution in [3.05, 3.63) is 84.2 Å². The molecule has 138 valence electrons. The fourth-order valence-electron chi connectivity index (χ4n) is 3.46. The average molecular weight is 359 g/mol. The zero-order valence-corrected chi connectivity index (χ0v) is 15.4. The molecule has 27 heavy (non-hydrogen) atoms. The molecule has 0 spiro atoms. The highest BCUT2D eigenvalue weighted by Crippen LogP contribution is 2.30. The quantitative estimate of drug-likeness (QED) is 0.636. The zero-order valence-electron chi connectivity index (χ0n) is 15.4. The van der Waals surface area contributed by atoms with Crippen molar-refractivity contribution in [1.29, 1.82) is 0 Å². The molecule has 0 saturated heterocycles. The number of amides is 1. The van der Waals surface area contributed by atoms with E-state index < -0.39 is 0 Å². The van der Waals surface area contributed by atoms with Gasteiger partial charge in [0.05, 0.1) is 11.9 Å². The summed E-state index contributed by atoms with van der Waals surface area (Å²) in [5.74, 6) is 0.947. The highest BCUT2D eigenvalue weighted by molar-refractivity contribution is 5.91. The van der Waals surface area contributed by atoms with E-state index in [0.29, 0.717) is 6.42 Å². The van der Waals surface area contributed by atoms with E-state index in [2.05, 4.69) is 34.7 Å². The third-order valence-corrected chi connectivity index (χ3v) is 5.09. The van der Waals surface area contributed by atoms with E-state index in [1.165, 1.54) is 24.0 Å². The van der Waals surface area contributed by atoms with Crippen LogP contribution in [-0.2, 0) is 17.8 Å². The van der Waals surface area contributed by atoms with Gasteiger partial charge in [0, 0.05) is 19.2 Å². The van der Waals surface area contributed by atoms with Crippen molar-refractivity contribution in [2.24, 2.45) is 5.92 Å². The first-order valence-corrected chi connectivity index (χ1v) is 9.67. The SMILES string of the molecule is O=C(CC(Cc1ccccc1)c1ccccc1)Nc1cnn(CC2CC2)c1. The van der Waals surface area contributed by atoms with Crippen LogP contribution in [-0.4, -0.2) is 15.7 Å². The number of aromatic nitrogens is 2. The summed E-state index contributed by atoms with van der Waals surface area (Å²) in [5, 5.41) is 7.38. The number of hydrogen-bond acceptors (Lipinski definition) is 2. The van der Waals surface area contributed by atoms with E-state index >= 15 is 0 Å². The van der Waals surface area contributed by atoms with Crippen LogP contribution >= 0.6 is 0 Å². The lowest BCUT2D eigenvalue weighted by molar-refractivity contribution is -0.116. The van der Waals surface area contributed by atoms with Crippen LogP contribution < -0.4 is 5.32 Å². The van der Waals surface area contributed by atoms with Gasteiger partial charge >= 0.3 is 0 Å². The summed E-state index contributed by atoms with van der Waals surface area (Å²) >= 11 is 0. The van der Waals surface area contributed by atoms with Crippen molar-refractivity contribution in [2.75, 3.05) is 5.32 Å². The molecule has 1 amide bonds. The van der Waals surface area contributed by atoms with Gasteiger partial charge in [0.1, 0.15) is 0 Å². The Bertz CT molecular complexity index is 869. The average Bonchev–Trinajstić information content (AvgIpc) is 3.40. The van der Waals surface area contributed by atoms with Crippen LogP contribution in [0.15, 0.2) is 73.1 Å². The minimum absolute atomic E-state index is 0.0331. The minimum Gasteiger partial charge on any atom is -0.323 e. The van der Waals surface area contributed by atoms with E-state index in [4.69, 9.17) is 0 Å². The molecule has 1 saturated carbocycles. The van der Waals surface area contributed by atoms with Crippen molar-refractivity contribution < 1.29 is 4.79 Å². The van der Waals surface area contributed by atoms with Gasteiger partial charge in [-0.15, -0.1) is 0 Å². The minimum atomic E-state index is 0.0331. The van der Waals surface area contributed by atoms with Crippen LogP contribution in [0.3, 0.4) is 0 Å². The van der Waals surface area contributed by atoms with Crippen LogP contribution in [0.4, 0.5) is 5.69 Å². The third-order valence-electron chi connectivity index (χ3n) is 5.09. The molecule has 1 aliphatic rings. The van der Waals surface area contributed by atoms with Gasteiger partial charge in [-0.1, -0.05) is 60.7 Å². The van der Waals surface area contributed by atoms with Crippen LogP contribution in [0.1, 0.15) is 36.3 Å².